The predicted molar refractivity (Wildman–Crippen MR) is 132 cm³/mol. The maximum Gasteiger partial charge on any atom is 0.270 e. The second-order valence-electron chi connectivity index (χ2n) is 9.19. The Balaban J connectivity index is 1.32. The van der Waals surface area contributed by atoms with Crippen LogP contribution >= 0.6 is 0 Å². The van der Waals surface area contributed by atoms with E-state index in [1.165, 1.54) is 6.07 Å². The highest BCUT2D eigenvalue weighted by Gasteiger charge is 2.26. The molecule has 2 aromatic heterocycles. The lowest BCUT2D eigenvalue weighted by Gasteiger charge is -2.29. The Morgan fingerprint density at radius 2 is 1.95 bits per heavy atom. The Kier molecular flexibility index (Phi) is 6.90. The van der Waals surface area contributed by atoms with E-state index >= 15 is 0 Å². The van der Waals surface area contributed by atoms with Gasteiger partial charge >= 0.3 is 0 Å². The van der Waals surface area contributed by atoms with Gasteiger partial charge in [-0.15, -0.1) is 0 Å². The zero-order valence-electron chi connectivity index (χ0n) is 20.6. The fourth-order valence-electron chi connectivity index (χ4n) is 4.45. The van der Waals surface area contributed by atoms with Crippen molar-refractivity contribution in [2.45, 2.75) is 38.8 Å². The van der Waals surface area contributed by atoms with Crippen LogP contribution in [-0.2, 0) is 16.1 Å². The maximum absolute atomic E-state index is 14.4. The van der Waals surface area contributed by atoms with Gasteiger partial charge in [0.15, 0.2) is 18.1 Å². The van der Waals surface area contributed by atoms with Crippen LogP contribution < -0.4 is 20.7 Å². The van der Waals surface area contributed by atoms with E-state index in [9.17, 15) is 23.6 Å². The first-order valence-corrected chi connectivity index (χ1v) is 12.3. The minimum Gasteiger partial charge on any atom is -0.482 e. The van der Waals surface area contributed by atoms with E-state index in [0.717, 1.165) is 30.0 Å². The SMILES string of the molecule is C[C@H](NC(=O)c1cc(C(=O)NCc2ccc3c(c2)NC(=O)CO3)nc2c(F)cnn12)C(=O)N1CCCCC1. The molecule has 3 aromatic rings. The molecule has 0 radical (unpaired) electrons. The molecule has 0 unspecified atom stereocenters. The van der Waals surface area contributed by atoms with Crippen molar-refractivity contribution in [3.8, 4) is 5.75 Å². The predicted octanol–water partition coefficient (Wildman–Crippen LogP) is 1.26. The summed E-state index contributed by atoms with van der Waals surface area (Å²) in [5.74, 6) is -2.13. The van der Waals surface area contributed by atoms with Crippen LogP contribution in [0.5, 0.6) is 5.75 Å². The smallest absolute Gasteiger partial charge is 0.270 e. The topological polar surface area (TPSA) is 147 Å². The number of carbonyl (C=O) groups excluding carboxylic acids is 4. The van der Waals surface area contributed by atoms with Crippen molar-refractivity contribution in [2.24, 2.45) is 0 Å². The van der Waals surface area contributed by atoms with E-state index in [0.29, 0.717) is 30.1 Å². The van der Waals surface area contributed by atoms with Gasteiger partial charge in [-0.3, -0.25) is 19.2 Å². The van der Waals surface area contributed by atoms with Crippen molar-refractivity contribution in [3.05, 3.63) is 53.2 Å². The average molecular weight is 524 g/mol. The van der Waals surface area contributed by atoms with Crippen LogP contribution in [-0.4, -0.2) is 68.9 Å². The molecular weight excluding hydrogens is 497 g/mol. The van der Waals surface area contributed by atoms with Gasteiger partial charge in [0.2, 0.25) is 5.91 Å². The quantitative estimate of drug-likeness (QED) is 0.441. The van der Waals surface area contributed by atoms with Crippen molar-refractivity contribution in [1.82, 2.24) is 30.1 Å². The molecule has 12 nitrogen and oxygen atoms in total. The molecule has 13 heteroatoms. The number of anilines is 1. The van der Waals surface area contributed by atoms with Gasteiger partial charge in [0, 0.05) is 25.7 Å². The van der Waals surface area contributed by atoms with Gasteiger partial charge in [-0.05, 0) is 43.9 Å². The molecule has 2 aliphatic heterocycles. The molecule has 0 saturated carbocycles. The van der Waals surface area contributed by atoms with Crippen LogP contribution in [0.1, 0.15) is 52.7 Å². The molecule has 38 heavy (non-hydrogen) atoms. The van der Waals surface area contributed by atoms with Crippen molar-refractivity contribution >= 4 is 35.0 Å². The van der Waals surface area contributed by atoms with Crippen LogP contribution in [0.25, 0.3) is 5.65 Å². The summed E-state index contributed by atoms with van der Waals surface area (Å²) >= 11 is 0. The second kappa shape index (κ2) is 10.4. The third-order valence-electron chi connectivity index (χ3n) is 6.41. The van der Waals surface area contributed by atoms with E-state index in [1.807, 2.05) is 0 Å². The van der Waals surface area contributed by atoms with Gasteiger partial charge in [-0.2, -0.15) is 5.10 Å². The van der Waals surface area contributed by atoms with Gasteiger partial charge in [-0.1, -0.05) is 6.07 Å². The Morgan fingerprint density at radius 1 is 1.16 bits per heavy atom. The second-order valence-corrected chi connectivity index (χ2v) is 9.19. The summed E-state index contributed by atoms with van der Waals surface area (Å²) < 4.78 is 20.7. The molecule has 0 aliphatic carbocycles. The Bertz CT molecular complexity index is 1430. The van der Waals surface area contributed by atoms with Crippen LogP contribution in [0.4, 0.5) is 10.1 Å². The van der Waals surface area contributed by atoms with E-state index in [2.05, 4.69) is 26.0 Å². The number of likely N-dealkylation sites (tertiary alicyclic amines) is 1. The number of piperidine rings is 1. The van der Waals surface area contributed by atoms with Crippen molar-refractivity contribution < 1.29 is 28.3 Å². The van der Waals surface area contributed by atoms with Gasteiger partial charge in [0.25, 0.3) is 17.7 Å². The minimum atomic E-state index is -0.824. The number of benzene rings is 1. The highest BCUT2D eigenvalue weighted by atomic mass is 19.1. The number of hydrogen-bond donors (Lipinski definition) is 3. The Morgan fingerprint density at radius 3 is 2.74 bits per heavy atom. The number of halogens is 1. The molecule has 1 atom stereocenters. The molecule has 4 amide bonds. The van der Waals surface area contributed by atoms with Crippen molar-refractivity contribution in [3.63, 3.8) is 0 Å². The summed E-state index contributed by atoms with van der Waals surface area (Å²) in [5.41, 5.74) is 0.512. The van der Waals surface area contributed by atoms with E-state index in [1.54, 1.807) is 30.0 Å². The molecule has 4 heterocycles. The fraction of sp³-hybridized carbons (Fsp3) is 0.360. The van der Waals surface area contributed by atoms with E-state index in [4.69, 9.17) is 4.74 Å². The maximum atomic E-state index is 14.4. The lowest BCUT2D eigenvalue weighted by atomic mass is 10.1. The number of fused-ring (bicyclic) bond motifs is 2. The summed E-state index contributed by atoms with van der Waals surface area (Å²) in [4.78, 5) is 56.1. The number of hydrogen-bond acceptors (Lipinski definition) is 7. The number of ether oxygens (including phenoxy) is 1. The number of rotatable bonds is 6. The first kappa shape index (κ1) is 25.1. The fourth-order valence-corrected chi connectivity index (χ4v) is 4.45. The molecule has 198 valence electrons. The molecule has 1 saturated heterocycles. The molecule has 5 rings (SSSR count). The summed E-state index contributed by atoms with van der Waals surface area (Å²) in [7, 11) is 0. The lowest BCUT2D eigenvalue weighted by molar-refractivity contribution is -0.133. The van der Waals surface area contributed by atoms with Crippen LogP contribution in [0.3, 0.4) is 0 Å². The van der Waals surface area contributed by atoms with Gasteiger partial charge < -0.3 is 25.6 Å². The normalized spacial score (nSPS) is 15.7. The first-order chi connectivity index (χ1) is 18.3. The van der Waals surface area contributed by atoms with Gasteiger partial charge in [0.1, 0.15) is 23.2 Å². The van der Waals surface area contributed by atoms with Crippen LogP contribution in [0.2, 0.25) is 0 Å². The Hall–Kier alpha value is -4.55. The molecular formula is C25H26FN7O5. The third-order valence-corrected chi connectivity index (χ3v) is 6.41. The molecule has 2 aliphatic rings. The average Bonchev–Trinajstić information content (AvgIpc) is 3.31. The Labute approximate surface area is 216 Å². The largest absolute Gasteiger partial charge is 0.482 e. The monoisotopic (exact) mass is 523 g/mol. The first-order valence-electron chi connectivity index (χ1n) is 12.3. The number of aromatic nitrogens is 3. The highest BCUT2D eigenvalue weighted by Crippen LogP contribution is 2.28. The number of carbonyl (C=O) groups is 4. The van der Waals surface area contributed by atoms with Crippen molar-refractivity contribution in [1.29, 1.82) is 0 Å². The standard InChI is InChI=1S/C25H26FN7O5/c1-14(25(37)32-7-3-2-4-8-32)29-24(36)19-10-18(31-22-16(26)12-28-33(19)22)23(35)27-11-15-5-6-20-17(9-15)30-21(34)13-38-20/h5-6,9-10,12,14H,2-4,7-8,11,13H2,1H3,(H,27,35)(H,29,36)(H,30,34)/t14-/m0/s1. The summed E-state index contributed by atoms with van der Waals surface area (Å²) in [6.07, 6.45) is 3.78. The van der Waals surface area contributed by atoms with E-state index < -0.39 is 23.7 Å². The minimum absolute atomic E-state index is 0.0660. The summed E-state index contributed by atoms with van der Waals surface area (Å²) in [6.45, 7) is 2.85. The number of nitrogens with one attached hydrogen (secondary N) is 3. The third kappa shape index (κ3) is 5.12. The molecule has 0 spiro atoms. The lowest BCUT2D eigenvalue weighted by Crippen LogP contribution is -2.48. The molecule has 1 fully saturated rings. The highest BCUT2D eigenvalue weighted by molar-refractivity contribution is 6.00. The zero-order chi connectivity index (χ0) is 26.8. The zero-order valence-corrected chi connectivity index (χ0v) is 20.6. The molecule has 3 N–H and O–H groups in total. The van der Waals surface area contributed by atoms with Crippen LogP contribution in [0.15, 0.2) is 30.5 Å². The van der Waals surface area contributed by atoms with Crippen molar-refractivity contribution in [2.75, 3.05) is 25.0 Å². The summed E-state index contributed by atoms with van der Waals surface area (Å²) in [5, 5.41) is 11.9. The number of nitrogens with zero attached hydrogens (tertiary/aromatic N) is 4. The molecule has 0 bridgehead atoms. The van der Waals surface area contributed by atoms with Gasteiger partial charge in [-0.25, -0.2) is 13.9 Å². The van der Waals surface area contributed by atoms with E-state index in [-0.39, 0.29) is 42.0 Å². The van der Waals surface area contributed by atoms with Crippen LogP contribution in [0, 0.1) is 5.82 Å². The van der Waals surface area contributed by atoms with Gasteiger partial charge in [0.05, 0.1) is 11.9 Å². The molecule has 1 aromatic carbocycles. The summed E-state index contributed by atoms with van der Waals surface area (Å²) in [6, 6.07) is 5.44. The number of amides is 4.